The molecule has 1 aliphatic heterocycles. The van der Waals surface area contributed by atoms with E-state index in [-0.39, 0.29) is 17.4 Å². The topological polar surface area (TPSA) is 87.2 Å². The van der Waals surface area contributed by atoms with Crippen LogP contribution in [0.4, 0.5) is 0 Å². The van der Waals surface area contributed by atoms with Crippen molar-refractivity contribution < 1.29 is 9.53 Å². The van der Waals surface area contributed by atoms with Gasteiger partial charge in [0.15, 0.2) is 5.82 Å². The van der Waals surface area contributed by atoms with Crippen molar-refractivity contribution in [3.63, 3.8) is 0 Å². The molecule has 1 unspecified atom stereocenters. The lowest BCUT2D eigenvalue weighted by Crippen LogP contribution is -2.46. The van der Waals surface area contributed by atoms with E-state index in [4.69, 9.17) is 4.74 Å². The number of benzene rings is 1. The second-order valence-corrected chi connectivity index (χ2v) is 7.62. The highest BCUT2D eigenvalue weighted by atomic mass is 16.5. The summed E-state index contributed by atoms with van der Waals surface area (Å²) in [6.07, 6.45) is 0. The first-order chi connectivity index (χ1) is 12.9. The Bertz CT molecular complexity index is 738. The molecule has 1 aromatic heterocycles. The molecular weight excluding hydrogens is 344 g/mol. The van der Waals surface area contributed by atoms with Crippen LogP contribution in [0.25, 0.3) is 0 Å². The number of ether oxygens (including phenoxy) is 1. The summed E-state index contributed by atoms with van der Waals surface area (Å²) in [7, 11) is 1.87. The van der Waals surface area contributed by atoms with Gasteiger partial charge in [-0.1, -0.05) is 17.3 Å². The molecule has 1 N–H and O–H groups in total. The molecule has 1 saturated heterocycles. The minimum atomic E-state index is -0.385. The molecule has 0 radical (unpaired) electrons. The van der Waals surface area contributed by atoms with Gasteiger partial charge in [-0.2, -0.15) is 5.21 Å². The molecule has 8 heteroatoms. The third-order valence-electron chi connectivity index (χ3n) is 5.37. The van der Waals surface area contributed by atoms with Crippen LogP contribution < -0.4 is 0 Å². The summed E-state index contributed by atoms with van der Waals surface area (Å²) in [4.78, 5) is 17.0. The predicted octanol–water partition coefficient (Wildman–Crippen LogP) is 1.32. The molecule has 2 heterocycles. The zero-order valence-electron chi connectivity index (χ0n) is 16.5. The Labute approximate surface area is 159 Å². The number of amides is 1. The number of hydrogen-bond donors (Lipinski definition) is 1. The van der Waals surface area contributed by atoms with Crippen molar-refractivity contribution in [2.24, 2.45) is 0 Å². The number of morpholine rings is 1. The van der Waals surface area contributed by atoms with Crippen LogP contribution in [0, 0.1) is 0 Å². The zero-order valence-corrected chi connectivity index (χ0v) is 16.5. The van der Waals surface area contributed by atoms with E-state index in [0.29, 0.717) is 11.4 Å². The van der Waals surface area contributed by atoms with E-state index in [1.165, 1.54) is 0 Å². The fourth-order valence-electron chi connectivity index (χ4n) is 3.27. The molecule has 1 aliphatic rings. The second-order valence-electron chi connectivity index (χ2n) is 7.62. The van der Waals surface area contributed by atoms with Gasteiger partial charge in [0, 0.05) is 38.3 Å². The minimum Gasteiger partial charge on any atom is -0.379 e. The van der Waals surface area contributed by atoms with Gasteiger partial charge < -0.3 is 9.64 Å². The monoisotopic (exact) mass is 372 g/mol. The van der Waals surface area contributed by atoms with Crippen LogP contribution in [0.3, 0.4) is 0 Å². The standard InChI is InChI=1S/C19H28N6O2/c1-14(13-25-9-11-27-12-10-25)24(4)17(26)15-5-7-16(8-6-15)19(2,3)18-20-22-23-21-18/h5-8,14H,9-13H2,1-4H3,(H,20,21,22,23). The summed E-state index contributed by atoms with van der Waals surface area (Å²) in [5.74, 6) is 0.650. The number of carbonyl (C=O) groups is 1. The largest absolute Gasteiger partial charge is 0.379 e. The highest BCUT2D eigenvalue weighted by molar-refractivity contribution is 5.94. The van der Waals surface area contributed by atoms with Gasteiger partial charge >= 0.3 is 0 Å². The highest BCUT2D eigenvalue weighted by Gasteiger charge is 2.28. The van der Waals surface area contributed by atoms with E-state index in [9.17, 15) is 4.79 Å². The second kappa shape index (κ2) is 8.14. The van der Waals surface area contributed by atoms with E-state index < -0.39 is 0 Å². The number of tetrazole rings is 1. The quantitative estimate of drug-likeness (QED) is 0.823. The van der Waals surface area contributed by atoms with Crippen LogP contribution in [-0.4, -0.2) is 82.3 Å². The lowest BCUT2D eigenvalue weighted by atomic mass is 9.83. The Hall–Kier alpha value is -2.32. The van der Waals surface area contributed by atoms with E-state index in [1.54, 1.807) is 0 Å². The van der Waals surface area contributed by atoms with Gasteiger partial charge in [0.25, 0.3) is 5.91 Å². The van der Waals surface area contributed by atoms with Crippen molar-refractivity contribution in [1.29, 1.82) is 0 Å². The number of rotatable bonds is 6. The lowest BCUT2D eigenvalue weighted by molar-refractivity contribution is 0.0261. The summed E-state index contributed by atoms with van der Waals surface area (Å²) >= 11 is 0. The van der Waals surface area contributed by atoms with Gasteiger partial charge in [0.2, 0.25) is 0 Å². The Balaban J connectivity index is 1.66. The summed E-state index contributed by atoms with van der Waals surface area (Å²) < 4.78 is 5.39. The Morgan fingerprint density at radius 3 is 2.56 bits per heavy atom. The molecule has 0 aliphatic carbocycles. The molecule has 146 valence electrons. The number of hydrogen-bond acceptors (Lipinski definition) is 6. The normalized spacial score (nSPS) is 16.9. The number of aromatic nitrogens is 4. The van der Waals surface area contributed by atoms with Crippen LogP contribution in [0.1, 0.15) is 42.5 Å². The summed E-state index contributed by atoms with van der Waals surface area (Å²) in [6, 6.07) is 7.80. The van der Waals surface area contributed by atoms with Gasteiger partial charge in [0.05, 0.1) is 18.6 Å². The summed E-state index contributed by atoms with van der Waals surface area (Å²) in [5, 5.41) is 14.3. The van der Waals surface area contributed by atoms with Gasteiger partial charge in [0.1, 0.15) is 0 Å². The van der Waals surface area contributed by atoms with Gasteiger partial charge in [-0.25, -0.2) is 0 Å². The SMILES string of the molecule is CC(CN1CCOCC1)N(C)C(=O)c1ccc(C(C)(C)c2nn[nH]n2)cc1. The van der Waals surface area contributed by atoms with Crippen molar-refractivity contribution in [1.82, 2.24) is 30.4 Å². The third kappa shape index (κ3) is 4.33. The van der Waals surface area contributed by atoms with Gasteiger partial charge in [-0.15, -0.1) is 10.2 Å². The Kier molecular flexibility index (Phi) is 5.86. The third-order valence-corrected chi connectivity index (χ3v) is 5.37. The van der Waals surface area contributed by atoms with Crippen molar-refractivity contribution >= 4 is 5.91 Å². The predicted molar refractivity (Wildman–Crippen MR) is 102 cm³/mol. The number of H-pyrrole nitrogens is 1. The average Bonchev–Trinajstić information content (AvgIpc) is 3.23. The Morgan fingerprint density at radius 1 is 1.30 bits per heavy atom. The maximum absolute atomic E-state index is 12.9. The van der Waals surface area contributed by atoms with Crippen LogP contribution >= 0.6 is 0 Å². The van der Waals surface area contributed by atoms with E-state index >= 15 is 0 Å². The highest BCUT2D eigenvalue weighted by Crippen LogP contribution is 2.28. The smallest absolute Gasteiger partial charge is 0.253 e. The van der Waals surface area contributed by atoms with Crippen LogP contribution in [0.2, 0.25) is 0 Å². The maximum atomic E-state index is 12.9. The Morgan fingerprint density at radius 2 is 1.96 bits per heavy atom. The summed E-state index contributed by atoms with van der Waals surface area (Å²) in [5.41, 5.74) is 1.33. The molecule has 0 saturated carbocycles. The van der Waals surface area contributed by atoms with Gasteiger partial charge in [-0.05, 0) is 38.5 Å². The first kappa shape index (κ1) is 19.4. The number of likely N-dealkylation sites (N-methyl/N-ethyl adjacent to an activating group) is 1. The molecule has 1 aromatic carbocycles. The minimum absolute atomic E-state index is 0.0275. The summed E-state index contributed by atoms with van der Waals surface area (Å²) in [6.45, 7) is 10.4. The zero-order chi connectivity index (χ0) is 19.4. The van der Waals surface area contributed by atoms with Crippen molar-refractivity contribution in [3.05, 3.63) is 41.2 Å². The fourth-order valence-corrected chi connectivity index (χ4v) is 3.27. The maximum Gasteiger partial charge on any atom is 0.253 e. The van der Waals surface area contributed by atoms with E-state index in [2.05, 4.69) is 32.4 Å². The molecule has 1 atom stereocenters. The average molecular weight is 372 g/mol. The molecule has 1 fully saturated rings. The molecule has 0 spiro atoms. The van der Waals surface area contributed by atoms with E-state index in [1.807, 2.05) is 50.1 Å². The molecule has 8 nitrogen and oxygen atoms in total. The molecule has 27 heavy (non-hydrogen) atoms. The van der Waals surface area contributed by atoms with Crippen LogP contribution in [0.15, 0.2) is 24.3 Å². The first-order valence-corrected chi connectivity index (χ1v) is 9.31. The molecule has 3 rings (SSSR count). The van der Waals surface area contributed by atoms with Crippen molar-refractivity contribution in [2.75, 3.05) is 39.9 Å². The molecule has 1 amide bonds. The molecule has 2 aromatic rings. The van der Waals surface area contributed by atoms with Crippen molar-refractivity contribution in [2.45, 2.75) is 32.2 Å². The number of carbonyl (C=O) groups excluding carboxylic acids is 1. The first-order valence-electron chi connectivity index (χ1n) is 9.31. The molecular formula is C19H28N6O2. The number of aromatic amines is 1. The number of nitrogens with one attached hydrogen (secondary N) is 1. The van der Waals surface area contributed by atoms with E-state index in [0.717, 1.165) is 38.4 Å². The van der Waals surface area contributed by atoms with Gasteiger partial charge in [-0.3, -0.25) is 9.69 Å². The number of nitrogens with zero attached hydrogens (tertiary/aromatic N) is 5. The van der Waals surface area contributed by atoms with Crippen LogP contribution in [-0.2, 0) is 10.2 Å². The van der Waals surface area contributed by atoms with Crippen LogP contribution in [0.5, 0.6) is 0 Å². The van der Waals surface area contributed by atoms with Crippen molar-refractivity contribution in [3.8, 4) is 0 Å². The molecule has 0 bridgehead atoms. The fraction of sp³-hybridized carbons (Fsp3) is 0.579. The lowest BCUT2D eigenvalue weighted by Gasteiger charge is -2.33.